The summed E-state index contributed by atoms with van der Waals surface area (Å²) in [6.45, 7) is 0.914. The quantitative estimate of drug-likeness (QED) is 0.217. The van der Waals surface area contributed by atoms with Crippen molar-refractivity contribution in [1.82, 2.24) is 19.7 Å². The van der Waals surface area contributed by atoms with Crippen LogP contribution < -0.4 is 11.0 Å². The van der Waals surface area contributed by atoms with Gasteiger partial charge in [-0.05, 0) is 66.8 Å². The minimum atomic E-state index is -5.04. The fourth-order valence-electron chi connectivity index (χ4n) is 5.15. The van der Waals surface area contributed by atoms with Crippen LogP contribution in [0.3, 0.4) is 0 Å². The molecule has 0 bridgehead atoms. The zero-order chi connectivity index (χ0) is 29.7. The molecule has 12 heteroatoms. The van der Waals surface area contributed by atoms with E-state index in [1.165, 1.54) is 4.68 Å². The maximum atomic E-state index is 13.0. The van der Waals surface area contributed by atoms with Crippen LogP contribution in [0.15, 0.2) is 83.7 Å². The molecule has 5 rings (SSSR count). The lowest BCUT2D eigenvalue weighted by atomic mass is 9.90. The number of H-pyrrole nitrogens is 1. The predicted octanol–water partition coefficient (Wildman–Crippen LogP) is 6.38. The molecule has 1 saturated carbocycles. The zero-order valence-corrected chi connectivity index (χ0v) is 23.2. The summed E-state index contributed by atoms with van der Waals surface area (Å²) in [4.78, 5) is 28.9. The van der Waals surface area contributed by atoms with Gasteiger partial charge in [-0.15, -0.1) is 5.10 Å². The molecule has 8 nitrogen and oxygen atoms in total. The van der Waals surface area contributed by atoms with Gasteiger partial charge in [-0.3, -0.25) is 9.88 Å². The van der Waals surface area contributed by atoms with Crippen LogP contribution >= 0.6 is 11.6 Å². The monoisotopic (exact) mass is 599 g/mol. The molecule has 1 aliphatic carbocycles. The molecule has 0 radical (unpaired) electrons. The van der Waals surface area contributed by atoms with Gasteiger partial charge in [0.2, 0.25) is 5.95 Å². The fraction of sp³-hybridized carbons (Fsp3) is 0.300. The first-order chi connectivity index (χ1) is 20.2. The largest absolute Gasteiger partial charge is 0.490 e. The minimum absolute atomic E-state index is 0.255. The van der Waals surface area contributed by atoms with E-state index in [9.17, 15) is 22.8 Å². The highest BCUT2D eigenvalue weighted by molar-refractivity contribution is 6.30. The average molecular weight is 600 g/mol. The van der Waals surface area contributed by atoms with E-state index in [0.717, 1.165) is 17.5 Å². The summed E-state index contributed by atoms with van der Waals surface area (Å²) >= 11 is 5.93. The lowest BCUT2D eigenvalue weighted by Crippen LogP contribution is -2.48. The van der Waals surface area contributed by atoms with E-state index in [4.69, 9.17) is 16.3 Å². The normalized spacial score (nSPS) is 17.3. The van der Waals surface area contributed by atoms with Gasteiger partial charge in [0.05, 0.1) is 5.69 Å². The molecule has 0 unspecified atom stereocenters. The predicted molar refractivity (Wildman–Crippen MR) is 153 cm³/mol. The van der Waals surface area contributed by atoms with Crippen molar-refractivity contribution >= 4 is 29.2 Å². The number of hydrogen-bond acceptors (Lipinski definition) is 6. The second-order valence-electron chi connectivity index (χ2n) is 10.2. The van der Waals surface area contributed by atoms with Crippen LogP contribution in [0.1, 0.15) is 36.8 Å². The number of alkyl halides is 3. The summed E-state index contributed by atoms with van der Waals surface area (Å²) < 4.78 is 45.3. The van der Waals surface area contributed by atoms with Gasteiger partial charge in [-0.2, -0.15) is 17.9 Å². The maximum absolute atomic E-state index is 13.0. The Kier molecular flexibility index (Phi) is 8.98. The Balaban J connectivity index is 1.32. The van der Waals surface area contributed by atoms with Crippen molar-refractivity contribution < 1.29 is 22.7 Å². The van der Waals surface area contributed by atoms with E-state index in [1.807, 2.05) is 54.6 Å². The number of rotatable bonds is 9. The number of esters is 1. The Hall–Kier alpha value is -4.09. The summed E-state index contributed by atoms with van der Waals surface area (Å²) in [6, 6.07) is 23.4. The highest BCUT2D eigenvalue weighted by Crippen LogP contribution is 2.30. The van der Waals surface area contributed by atoms with Crippen LogP contribution in [0.25, 0.3) is 5.69 Å². The maximum Gasteiger partial charge on any atom is 0.490 e. The molecule has 0 saturated heterocycles. The molecule has 1 fully saturated rings. The first-order valence-electron chi connectivity index (χ1n) is 13.5. The van der Waals surface area contributed by atoms with Crippen molar-refractivity contribution in [1.29, 1.82) is 0 Å². The molecule has 220 valence electrons. The van der Waals surface area contributed by atoms with Crippen LogP contribution in [-0.2, 0) is 22.6 Å². The molecule has 1 aliphatic rings. The number of aromatic nitrogens is 3. The van der Waals surface area contributed by atoms with E-state index in [0.29, 0.717) is 48.7 Å². The average Bonchev–Trinajstić information content (AvgIpc) is 3.34. The van der Waals surface area contributed by atoms with E-state index in [1.54, 1.807) is 24.3 Å². The molecule has 4 aromatic rings. The van der Waals surface area contributed by atoms with E-state index < -0.39 is 23.9 Å². The number of benzene rings is 3. The van der Waals surface area contributed by atoms with E-state index >= 15 is 0 Å². The number of carbonyl (C=O) groups excluding carboxylic acids is 1. The number of aromatic amines is 1. The molecular formula is C30H29ClF3N5O3. The first-order valence-corrected chi connectivity index (χ1v) is 13.9. The van der Waals surface area contributed by atoms with Crippen molar-refractivity contribution in [3.8, 4) is 5.69 Å². The molecule has 3 aromatic carbocycles. The third kappa shape index (κ3) is 7.40. The van der Waals surface area contributed by atoms with Crippen molar-refractivity contribution in [2.24, 2.45) is 0 Å². The molecular weight excluding hydrogens is 571 g/mol. The van der Waals surface area contributed by atoms with Crippen LogP contribution in [0.4, 0.5) is 24.8 Å². The van der Waals surface area contributed by atoms with Crippen LogP contribution in [0, 0.1) is 0 Å². The Morgan fingerprint density at radius 1 is 0.976 bits per heavy atom. The lowest BCUT2D eigenvalue weighted by Gasteiger charge is -2.39. The highest BCUT2D eigenvalue weighted by atomic mass is 35.5. The summed E-state index contributed by atoms with van der Waals surface area (Å²) in [5, 5.41) is 7.93. The van der Waals surface area contributed by atoms with Gasteiger partial charge >= 0.3 is 17.8 Å². The number of halogens is 4. The number of hydrogen-bond donors (Lipinski definition) is 2. The minimum Gasteiger partial charge on any atom is -0.454 e. The number of anilines is 2. The zero-order valence-electron chi connectivity index (χ0n) is 22.5. The first kappa shape index (κ1) is 29.4. The van der Waals surface area contributed by atoms with Gasteiger partial charge < -0.3 is 10.1 Å². The topological polar surface area (TPSA) is 92.2 Å². The van der Waals surface area contributed by atoms with Crippen molar-refractivity contribution in [2.75, 3.05) is 5.32 Å². The second kappa shape index (κ2) is 12.8. The molecule has 2 atom stereocenters. The van der Waals surface area contributed by atoms with Gasteiger partial charge in [-0.1, -0.05) is 60.5 Å². The van der Waals surface area contributed by atoms with Crippen molar-refractivity contribution in [3.05, 3.63) is 105 Å². The van der Waals surface area contributed by atoms with Crippen molar-refractivity contribution in [3.63, 3.8) is 0 Å². The van der Waals surface area contributed by atoms with E-state index in [-0.39, 0.29) is 12.0 Å². The third-order valence-electron chi connectivity index (χ3n) is 7.15. The van der Waals surface area contributed by atoms with Crippen molar-refractivity contribution in [2.45, 2.75) is 57.1 Å². The molecule has 0 amide bonds. The molecule has 0 aliphatic heterocycles. The van der Waals surface area contributed by atoms with Gasteiger partial charge in [0.15, 0.2) is 0 Å². The summed E-state index contributed by atoms with van der Waals surface area (Å²) in [5.74, 6) is -1.89. The SMILES string of the molecule is O=C(O[C@@H]1CCCC[C@@H]1N(Cc1ccccc1)Cc1ccc(Nc2nn(-c3ccc(Cl)cc3)c(=O)[nH]2)cc1)C(F)(F)F. The highest BCUT2D eigenvalue weighted by Gasteiger charge is 2.44. The third-order valence-corrected chi connectivity index (χ3v) is 7.40. The Bertz CT molecular complexity index is 1540. The summed E-state index contributed by atoms with van der Waals surface area (Å²) in [7, 11) is 0. The smallest absolute Gasteiger partial charge is 0.454 e. The molecule has 42 heavy (non-hydrogen) atoms. The van der Waals surface area contributed by atoms with Crippen LogP contribution in [-0.4, -0.2) is 44.0 Å². The number of nitrogens with zero attached hydrogens (tertiary/aromatic N) is 3. The molecule has 1 aromatic heterocycles. The molecule has 0 spiro atoms. The Labute approximate surface area is 245 Å². The van der Waals surface area contributed by atoms with Gasteiger partial charge in [0.25, 0.3) is 0 Å². The molecule has 1 heterocycles. The number of nitrogens with one attached hydrogen (secondary N) is 2. The Morgan fingerprint density at radius 3 is 2.29 bits per heavy atom. The van der Waals surface area contributed by atoms with Gasteiger partial charge in [0.1, 0.15) is 6.10 Å². The lowest BCUT2D eigenvalue weighted by molar-refractivity contribution is -0.209. The summed E-state index contributed by atoms with van der Waals surface area (Å²) in [6.07, 6.45) is -3.37. The van der Waals surface area contributed by atoms with Gasteiger partial charge in [-0.25, -0.2) is 9.59 Å². The summed E-state index contributed by atoms with van der Waals surface area (Å²) in [5.41, 5.74) is 2.75. The fourth-order valence-corrected chi connectivity index (χ4v) is 5.27. The standard InChI is InChI=1S/C30H29ClF3N5O3/c31-22-12-16-24(17-13-22)39-29(41)36-28(37-39)35-23-14-10-21(11-15-23)19-38(18-20-6-2-1-3-7-20)25-8-4-5-9-26(25)42-27(40)30(32,33)34/h1-3,6-7,10-17,25-26H,4-5,8-9,18-19H2,(H2,35,36,37,41)/t25-,26+/m0/s1. The second-order valence-corrected chi connectivity index (χ2v) is 10.6. The Morgan fingerprint density at radius 2 is 1.62 bits per heavy atom. The number of ether oxygens (including phenoxy) is 1. The van der Waals surface area contributed by atoms with Crippen LogP contribution in [0.2, 0.25) is 5.02 Å². The number of carbonyl (C=O) groups is 1. The van der Waals surface area contributed by atoms with Crippen LogP contribution in [0.5, 0.6) is 0 Å². The van der Waals surface area contributed by atoms with Gasteiger partial charge in [0, 0.05) is 29.8 Å². The molecule has 2 N–H and O–H groups in total. The van der Waals surface area contributed by atoms with E-state index in [2.05, 4.69) is 20.3 Å².